The van der Waals surface area contributed by atoms with Gasteiger partial charge in [0.15, 0.2) is 6.30 Å². The number of hydrogen-bond acceptors (Lipinski definition) is 2. The second-order valence-electron chi connectivity index (χ2n) is 1.93. The fourth-order valence-electron chi connectivity index (χ4n) is 0.692. The summed E-state index contributed by atoms with van der Waals surface area (Å²) in [6.45, 7) is 2.98. The molecule has 0 saturated carbocycles. The van der Waals surface area contributed by atoms with Gasteiger partial charge in [-0.2, -0.15) is 0 Å². The van der Waals surface area contributed by atoms with Crippen molar-refractivity contribution in [2.24, 2.45) is 0 Å². The zero-order chi connectivity index (χ0) is 5.98. The molecule has 1 heterocycles. The molecule has 1 saturated heterocycles. The van der Waals surface area contributed by atoms with Gasteiger partial charge in [-0.15, -0.1) is 0 Å². The number of nitrogens with one attached hydrogen (secondary N) is 1. The van der Waals surface area contributed by atoms with E-state index >= 15 is 0 Å². The van der Waals surface area contributed by atoms with Gasteiger partial charge in [0.1, 0.15) is 0 Å². The Labute approximate surface area is 48.0 Å². The van der Waals surface area contributed by atoms with Crippen LogP contribution in [0.15, 0.2) is 0 Å². The minimum absolute atomic E-state index is 0.274. The summed E-state index contributed by atoms with van der Waals surface area (Å²) < 4.78 is 17.3. The Morgan fingerprint density at radius 2 is 2.50 bits per heavy atom. The van der Waals surface area contributed by atoms with E-state index in [0.29, 0.717) is 13.2 Å². The highest BCUT2D eigenvalue weighted by Crippen LogP contribution is 2.03. The fraction of sp³-hybridized carbons (Fsp3) is 1.00. The molecule has 0 aliphatic carbocycles. The predicted molar refractivity (Wildman–Crippen MR) is 28.3 cm³/mol. The standard InChI is InChI=1S/C5H10FNO/c1-4-5(6)7-2-3-8-4/h4-5,7H,2-3H2,1H3/t4?,5-/m0/s1. The molecule has 0 radical (unpaired) electrons. The van der Waals surface area contributed by atoms with Crippen molar-refractivity contribution < 1.29 is 9.13 Å². The topological polar surface area (TPSA) is 21.3 Å². The van der Waals surface area contributed by atoms with Crippen LogP contribution in [0.1, 0.15) is 6.92 Å². The lowest BCUT2D eigenvalue weighted by Crippen LogP contribution is -2.43. The normalized spacial score (nSPS) is 39.8. The highest BCUT2D eigenvalue weighted by molar-refractivity contribution is 4.66. The van der Waals surface area contributed by atoms with Crippen LogP contribution in [0.3, 0.4) is 0 Å². The van der Waals surface area contributed by atoms with E-state index in [4.69, 9.17) is 4.74 Å². The molecule has 1 fully saturated rings. The Morgan fingerprint density at radius 1 is 1.75 bits per heavy atom. The lowest BCUT2D eigenvalue weighted by atomic mass is 10.3. The maximum Gasteiger partial charge on any atom is 0.177 e. The van der Waals surface area contributed by atoms with Crippen LogP contribution in [0.5, 0.6) is 0 Å². The molecule has 1 aliphatic heterocycles. The van der Waals surface area contributed by atoms with Gasteiger partial charge in [0.05, 0.1) is 12.7 Å². The number of rotatable bonds is 0. The van der Waals surface area contributed by atoms with Gasteiger partial charge in [-0.25, -0.2) is 4.39 Å². The second-order valence-corrected chi connectivity index (χ2v) is 1.93. The third kappa shape index (κ3) is 1.17. The summed E-state index contributed by atoms with van der Waals surface area (Å²) in [5.74, 6) is 0. The molecule has 8 heavy (non-hydrogen) atoms. The quantitative estimate of drug-likeness (QED) is 0.463. The average Bonchev–Trinajstić information content (AvgIpc) is 1.77. The second kappa shape index (κ2) is 2.42. The Kier molecular flexibility index (Phi) is 1.81. The highest BCUT2D eigenvalue weighted by Gasteiger charge is 2.19. The first-order valence-electron chi connectivity index (χ1n) is 2.80. The number of morpholine rings is 1. The Balaban J connectivity index is 2.28. The molecular formula is C5H10FNO. The minimum atomic E-state index is -0.969. The van der Waals surface area contributed by atoms with Crippen LogP contribution in [-0.2, 0) is 4.74 Å². The van der Waals surface area contributed by atoms with Crippen LogP contribution in [0.25, 0.3) is 0 Å². The Hall–Kier alpha value is -0.150. The van der Waals surface area contributed by atoms with E-state index in [9.17, 15) is 4.39 Å². The first kappa shape index (κ1) is 5.98. The molecule has 2 nitrogen and oxygen atoms in total. The van der Waals surface area contributed by atoms with Crippen molar-refractivity contribution in [2.75, 3.05) is 13.2 Å². The average molecular weight is 119 g/mol. The van der Waals surface area contributed by atoms with E-state index in [2.05, 4.69) is 5.32 Å². The van der Waals surface area contributed by atoms with Crippen LogP contribution in [-0.4, -0.2) is 25.6 Å². The molecule has 0 aromatic rings. The van der Waals surface area contributed by atoms with Crippen LogP contribution in [0, 0.1) is 0 Å². The molecule has 0 amide bonds. The highest BCUT2D eigenvalue weighted by atomic mass is 19.1. The van der Waals surface area contributed by atoms with Crippen molar-refractivity contribution in [3.63, 3.8) is 0 Å². The molecule has 1 N–H and O–H groups in total. The first-order chi connectivity index (χ1) is 3.80. The van der Waals surface area contributed by atoms with Crippen molar-refractivity contribution >= 4 is 0 Å². The van der Waals surface area contributed by atoms with Crippen LogP contribution in [0.2, 0.25) is 0 Å². The number of alkyl halides is 1. The summed E-state index contributed by atoms with van der Waals surface area (Å²) >= 11 is 0. The number of ether oxygens (including phenoxy) is 1. The molecular weight excluding hydrogens is 109 g/mol. The molecule has 0 bridgehead atoms. The van der Waals surface area contributed by atoms with Crippen LogP contribution < -0.4 is 5.32 Å². The molecule has 0 aromatic heterocycles. The molecule has 1 aliphatic rings. The lowest BCUT2D eigenvalue weighted by Gasteiger charge is -2.23. The largest absolute Gasteiger partial charge is 0.373 e. The summed E-state index contributed by atoms with van der Waals surface area (Å²) in [5, 5.41) is 2.64. The van der Waals surface area contributed by atoms with E-state index in [1.807, 2.05) is 0 Å². The van der Waals surface area contributed by atoms with Crippen molar-refractivity contribution in [2.45, 2.75) is 19.3 Å². The summed E-state index contributed by atoms with van der Waals surface area (Å²) in [5.41, 5.74) is 0. The van der Waals surface area contributed by atoms with Crippen molar-refractivity contribution in [1.29, 1.82) is 0 Å². The van der Waals surface area contributed by atoms with Crippen LogP contribution >= 0.6 is 0 Å². The molecule has 48 valence electrons. The Morgan fingerprint density at radius 3 is 2.88 bits per heavy atom. The van der Waals surface area contributed by atoms with Gasteiger partial charge in [0.25, 0.3) is 0 Å². The minimum Gasteiger partial charge on any atom is -0.373 e. The van der Waals surface area contributed by atoms with Gasteiger partial charge >= 0.3 is 0 Å². The summed E-state index contributed by atoms with van der Waals surface area (Å²) in [6, 6.07) is 0. The van der Waals surface area contributed by atoms with E-state index in [1.54, 1.807) is 6.92 Å². The van der Waals surface area contributed by atoms with E-state index in [-0.39, 0.29) is 6.10 Å². The molecule has 3 heteroatoms. The summed E-state index contributed by atoms with van der Waals surface area (Å²) in [7, 11) is 0. The molecule has 1 unspecified atom stereocenters. The lowest BCUT2D eigenvalue weighted by molar-refractivity contribution is -0.0354. The SMILES string of the molecule is CC1OCCN[C@@H]1F. The van der Waals surface area contributed by atoms with Gasteiger partial charge in [0.2, 0.25) is 0 Å². The number of hydrogen-bond donors (Lipinski definition) is 1. The van der Waals surface area contributed by atoms with Crippen molar-refractivity contribution in [3.05, 3.63) is 0 Å². The maximum atomic E-state index is 12.3. The molecule has 1 rings (SSSR count). The van der Waals surface area contributed by atoms with E-state index in [1.165, 1.54) is 0 Å². The smallest absolute Gasteiger partial charge is 0.177 e. The van der Waals surface area contributed by atoms with Gasteiger partial charge in [-0.1, -0.05) is 0 Å². The predicted octanol–water partition coefficient (Wildman–Crippen LogP) is 0.290. The van der Waals surface area contributed by atoms with Crippen molar-refractivity contribution in [3.8, 4) is 0 Å². The summed E-state index contributed by atoms with van der Waals surface area (Å²) in [4.78, 5) is 0. The van der Waals surface area contributed by atoms with E-state index < -0.39 is 6.30 Å². The van der Waals surface area contributed by atoms with Gasteiger partial charge < -0.3 is 4.74 Å². The van der Waals surface area contributed by atoms with Gasteiger partial charge in [0, 0.05) is 6.54 Å². The summed E-state index contributed by atoms with van der Waals surface area (Å²) in [6.07, 6.45) is -1.24. The zero-order valence-electron chi connectivity index (χ0n) is 4.86. The first-order valence-corrected chi connectivity index (χ1v) is 2.80. The third-order valence-corrected chi connectivity index (χ3v) is 1.23. The van der Waals surface area contributed by atoms with E-state index in [0.717, 1.165) is 0 Å². The molecule has 0 aromatic carbocycles. The van der Waals surface area contributed by atoms with Gasteiger partial charge in [-0.05, 0) is 6.92 Å². The Bertz CT molecular complexity index is 68.8. The maximum absolute atomic E-state index is 12.3. The monoisotopic (exact) mass is 119 g/mol. The third-order valence-electron chi connectivity index (χ3n) is 1.23. The fourth-order valence-corrected chi connectivity index (χ4v) is 0.692. The zero-order valence-corrected chi connectivity index (χ0v) is 4.86. The molecule has 2 atom stereocenters. The molecule has 0 spiro atoms. The van der Waals surface area contributed by atoms with Gasteiger partial charge in [-0.3, -0.25) is 5.32 Å². The van der Waals surface area contributed by atoms with Crippen molar-refractivity contribution in [1.82, 2.24) is 5.32 Å². The number of halogens is 1. The van der Waals surface area contributed by atoms with Crippen LogP contribution in [0.4, 0.5) is 4.39 Å².